The van der Waals surface area contributed by atoms with Crippen LogP contribution in [0.25, 0.3) is 0 Å². The summed E-state index contributed by atoms with van der Waals surface area (Å²) in [5, 5.41) is 5.34. The Balaban J connectivity index is 2.87. The van der Waals surface area contributed by atoms with Crippen LogP contribution < -0.4 is 10.6 Å². The van der Waals surface area contributed by atoms with Crippen LogP contribution in [-0.2, 0) is 15.3 Å². The van der Waals surface area contributed by atoms with Crippen LogP contribution in [0.15, 0.2) is 30.3 Å². The Kier molecular flexibility index (Phi) is 9.25. The molecule has 0 spiro atoms. The van der Waals surface area contributed by atoms with Gasteiger partial charge in [0.2, 0.25) is 11.8 Å². The van der Waals surface area contributed by atoms with E-state index in [0.717, 1.165) is 5.75 Å². The molecule has 5 nitrogen and oxygen atoms in total. The molecule has 0 aromatic heterocycles. The number of benzene rings is 1. The number of likely N-dealkylation sites (N-methyl/N-ethyl adjacent to an activating group) is 2. The average molecular weight is 370 g/mol. The third kappa shape index (κ3) is 6.37. The highest BCUT2D eigenvalue weighted by molar-refractivity contribution is 7.99. The van der Waals surface area contributed by atoms with Gasteiger partial charge >= 0.3 is 0 Å². The van der Waals surface area contributed by atoms with Crippen LogP contribution in [0.2, 0.25) is 0 Å². The number of rotatable bonds is 9. The minimum absolute atomic E-state index is 0.161. The molecule has 2 amide bonds. The number of carbonyl (C=O) groups is 2. The number of thioether (sulfide) groups is 1. The minimum Gasteiger partial charge on any atom is -0.357 e. The third-order valence-corrected chi connectivity index (χ3v) is 5.69. The van der Waals surface area contributed by atoms with Crippen LogP contribution in [0, 0.1) is 5.92 Å². The largest absolute Gasteiger partial charge is 0.357 e. The molecule has 24 heavy (non-hydrogen) atoms. The van der Waals surface area contributed by atoms with E-state index in [-0.39, 0.29) is 23.1 Å². The van der Waals surface area contributed by atoms with E-state index in [1.54, 1.807) is 25.7 Å². The molecular weight excluding hydrogens is 342 g/mol. The predicted molar refractivity (Wildman–Crippen MR) is 104 cm³/mol. The van der Waals surface area contributed by atoms with Crippen LogP contribution in [0.1, 0.15) is 12.5 Å². The van der Waals surface area contributed by atoms with Crippen molar-refractivity contribution in [3.05, 3.63) is 35.9 Å². The van der Waals surface area contributed by atoms with Crippen LogP contribution in [0.5, 0.6) is 0 Å². The Morgan fingerprint density at radius 3 is 2.33 bits per heavy atom. The molecule has 0 fully saturated rings. The fourth-order valence-corrected chi connectivity index (χ4v) is 3.50. The lowest BCUT2D eigenvalue weighted by Gasteiger charge is -2.32. The van der Waals surface area contributed by atoms with Gasteiger partial charge in [-0.1, -0.05) is 37.3 Å². The van der Waals surface area contributed by atoms with E-state index in [0.29, 0.717) is 5.75 Å². The summed E-state index contributed by atoms with van der Waals surface area (Å²) < 4.78 is 0. The van der Waals surface area contributed by atoms with E-state index in [9.17, 15) is 9.59 Å². The lowest BCUT2D eigenvalue weighted by Crippen LogP contribution is -2.56. The summed E-state index contributed by atoms with van der Waals surface area (Å²) in [7, 11) is 5.40. The molecule has 0 saturated heterocycles. The van der Waals surface area contributed by atoms with Crippen LogP contribution in [0.3, 0.4) is 0 Å². The first kappa shape index (κ1) is 20.9. The standard InChI is InChI=1S/C17H27N3O2S2/c1-12(10-23)15(21)19-14(16(22)18-2)17(20(3)4)24-11-13-8-6-5-7-9-13/h5-9,12,14,17,23H,10-11H2,1-4H3,(H,18,22)(H,19,21). The highest BCUT2D eigenvalue weighted by Gasteiger charge is 2.32. The molecule has 0 radical (unpaired) electrons. The SMILES string of the molecule is CNC(=O)C(NC(=O)C(C)CS)C(SCc1ccccc1)N(C)C. The molecular formula is C17H27N3O2S2. The van der Waals surface area contributed by atoms with Gasteiger partial charge in [-0.25, -0.2) is 0 Å². The molecule has 2 N–H and O–H groups in total. The molecule has 0 bridgehead atoms. The monoisotopic (exact) mass is 369 g/mol. The van der Waals surface area contributed by atoms with Crippen molar-refractivity contribution in [2.45, 2.75) is 24.1 Å². The Bertz CT molecular complexity index is 526. The van der Waals surface area contributed by atoms with Gasteiger partial charge in [-0.05, 0) is 19.7 Å². The van der Waals surface area contributed by atoms with Gasteiger partial charge in [-0.15, -0.1) is 11.8 Å². The first-order valence-electron chi connectivity index (χ1n) is 7.85. The Labute approximate surface area is 154 Å². The molecule has 3 unspecified atom stereocenters. The molecule has 0 aliphatic heterocycles. The number of hydrogen-bond acceptors (Lipinski definition) is 5. The summed E-state index contributed by atoms with van der Waals surface area (Å²) in [6.45, 7) is 1.80. The first-order chi connectivity index (χ1) is 11.4. The fourth-order valence-electron chi connectivity index (χ4n) is 2.10. The second kappa shape index (κ2) is 10.6. The van der Waals surface area contributed by atoms with Crippen molar-refractivity contribution in [2.24, 2.45) is 5.92 Å². The maximum Gasteiger partial charge on any atom is 0.244 e. The van der Waals surface area contributed by atoms with Crippen molar-refractivity contribution in [2.75, 3.05) is 26.9 Å². The number of hydrogen-bond donors (Lipinski definition) is 3. The number of amides is 2. The predicted octanol–water partition coefficient (Wildman–Crippen LogP) is 1.60. The highest BCUT2D eigenvalue weighted by Crippen LogP contribution is 2.22. The summed E-state index contributed by atoms with van der Waals surface area (Å²) in [5.41, 5.74) is 1.18. The van der Waals surface area contributed by atoms with E-state index in [1.807, 2.05) is 37.2 Å². The summed E-state index contributed by atoms with van der Waals surface area (Å²) >= 11 is 5.78. The van der Waals surface area contributed by atoms with Crippen LogP contribution in [0.4, 0.5) is 0 Å². The van der Waals surface area contributed by atoms with Gasteiger partial charge in [0.05, 0.1) is 5.37 Å². The topological polar surface area (TPSA) is 61.4 Å². The van der Waals surface area contributed by atoms with Gasteiger partial charge in [0.15, 0.2) is 0 Å². The second-order valence-corrected chi connectivity index (χ2v) is 7.31. The van der Waals surface area contributed by atoms with Crippen molar-refractivity contribution in [1.29, 1.82) is 0 Å². The van der Waals surface area contributed by atoms with Gasteiger partial charge in [0, 0.05) is 24.5 Å². The fraction of sp³-hybridized carbons (Fsp3) is 0.529. The van der Waals surface area contributed by atoms with E-state index in [4.69, 9.17) is 0 Å². The summed E-state index contributed by atoms with van der Waals surface area (Å²) in [6.07, 6.45) is 0. The minimum atomic E-state index is -0.631. The number of carbonyl (C=O) groups excluding carboxylic acids is 2. The lowest BCUT2D eigenvalue weighted by molar-refractivity contribution is -0.130. The van der Waals surface area contributed by atoms with Crippen molar-refractivity contribution >= 4 is 36.2 Å². The average Bonchev–Trinajstić information content (AvgIpc) is 2.59. The second-order valence-electron chi connectivity index (χ2n) is 5.83. The van der Waals surface area contributed by atoms with Gasteiger partial charge in [0.1, 0.15) is 6.04 Å². The molecule has 3 atom stereocenters. The molecule has 1 aromatic rings. The normalized spacial score (nSPS) is 14.8. The molecule has 1 rings (SSSR count). The molecule has 0 heterocycles. The number of nitrogens with one attached hydrogen (secondary N) is 2. The molecule has 7 heteroatoms. The zero-order chi connectivity index (χ0) is 18.1. The van der Waals surface area contributed by atoms with Crippen molar-refractivity contribution in [1.82, 2.24) is 15.5 Å². The Hall–Kier alpha value is -1.18. The smallest absolute Gasteiger partial charge is 0.244 e. The molecule has 134 valence electrons. The van der Waals surface area contributed by atoms with Gasteiger partial charge in [-0.3, -0.25) is 14.5 Å². The van der Waals surface area contributed by atoms with Crippen LogP contribution >= 0.6 is 24.4 Å². The molecule has 0 aliphatic carbocycles. The van der Waals surface area contributed by atoms with E-state index in [1.165, 1.54) is 5.56 Å². The van der Waals surface area contributed by atoms with Gasteiger partial charge in [-0.2, -0.15) is 12.6 Å². The quantitative estimate of drug-likeness (QED) is 0.457. The lowest BCUT2D eigenvalue weighted by atomic mass is 10.1. The van der Waals surface area contributed by atoms with Gasteiger partial charge < -0.3 is 10.6 Å². The van der Waals surface area contributed by atoms with Crippen molar-refractivity contribution in [3.8, 4) is 0 Å². The summed E-state index contributed by atoms with van der Waals surface area (Å²) in [5.74, 6) is 0.591. The zero-order valence-electron chi connectivity index (χ0n) is 14.7. The number of thiol groups is 1. The first-order valence-corrected chi connectivity index (χ1v) is 9.53. The van der Waals surface area contributed by atoms with Gasteiger partial charge in [0.25, 0.3) is 0 Å². The van der Waals surface area contributed by atoms with Crippen molar-refractivity contribution in [3.63, 3.8) is 0 Å². The summed E-state index contributed by atoms with van der Waals surface area (Å²) in [6, 6.07) is 9.43. The third-order valence-electron chi connectivity index (χ3n) is 3.61. The maximum absolute atomic E-state index is 12.3. The Morgan fingerprint density at radius 1 is 1.21 bits per heavy atom. The van der Waals surface area contributed by atoms with Crippen molar-refractivity contribution < 1.29 is 9.59 Å². The van der Waals surface area contributed by atoms with Crippen LogP contribution in [-0.4, -0.2) is 55.0 Å². The molecule has 1 aromatic carbocycles. The molecule has 0 aliphatic rings. The maximum atomic E-state index is 12.3. The summed E-state index contributed by atoms with van der Waals surface area (Å²) in [4.78, 5) is 26.5. The molecule has 0 saturated carbocycles. The van der Waals surface area contributed by atoms with E-state index < -0.39 is 6.04 Å². The van der Waals surface area contributed by atoms with E-state index in [2.05, 4.69) is 35.4 Å². The number of nitrogens with zero attached hydrogens (tertiary/aromatic N) is 1. The Morgan fingerprint density at radius 2 is 1.83 bits per heavy atom. The van der Waals surface area contributed by atoms with E-state index >= 15 is 0 Å². The highest BCUT2D eigenvalue weighted by atomic mass is 32.2. The zero-order valence-corrected chi connectivity index (χ0v) is 16.4.